The summed E-state index contributed by atoms with van der Waals surface area (Å²) in [6.45, 7) is 2.04. The molecule has 0 saturated carbocycles. The first-order valence-electron chi connectivity index (χ1n) is 6.64. The van der Waals surface area contributed by atoms with Crippen LogP contribution in [0.1, 0.15) is 29.7 Å². The Morgan fingerprint density at radius 1 is 1.22 bits per heavy atom. The number of nitriles is 1. The lowest BCUT2D eigenvalue weighted by atomic mass is 9.95. The van der Waals surface area contributed by atoms with Gasteiger partial charge in [-0.15, -0.1) is 0 Å². The molecule has 1 fully saturated rings. The molecule has 94 valence electrons. The Balaban J connectivity index is 1.99. The molecule has 1 saturated heterocycles. The normalized spacial score (nSPS) is 19.2. The molecule has 3 nitrogen and oxygen atoms in total. The standard InChI is InChI=1S/C14H17N3S/c15-10-12-9-11-3-1-2-4-13(11)16-14(12)17-5-7-18-8-6-17/h9H,1-8H2. The maximum atomic E-state index is 9.33. The maximum Gasteiger partial charge on any atom is 0.146 e. The Kier molecular flexibility index (Phi) is 3.42. The topological polar surface area (TPSA) is 39.9 Å². The number of aromatic nitrogens is 1. The molecule has 2 heterocycles. The van der Waals surface area contributed by atoms with Gasteiger partial charge in [-0.3, -0.25) is 0 Å². The molecule has 3 rings (SSSR count). The van der Waals surface area contributed by atoms with Crippen molar-refractivity contribution in [2.75, 3.05) is 29.5 Å². The number of aryl methyl sites for hydroxylation is 2. The fourth-order valence-corrected chi connectivity index (χ4v) is 3.62. The number of nitrogens with zero attached hydrogens (tertiary/aromatic N) is 3. The second-order valence-electron chi connectivity index (χ2n) is 4.88. The number of pyridine rings is 1. The van der Waals surface area contributed by atoms with Crippen LogP contribution in [0.25, 0.3) is 0 Å². The smallest absolute Gasteiger partial charge is 0.146 e. The Hall–Kier alpha value is -1.21. The van der Waals surface area contributed by atoms with E-state index in [9.17, 15) is 5.26 Å². The van der Waals surface area contributed by atoms with Gasteiger partial charge < -0.3 is 4.90 Å². The van der Waals surface area contributed by atoms with Crippen LogP contribution in [-0.2, 0) is 12.8 Å². The molecule has 1 aromatic rings. The van der Waals surface area contributed by atoms with Crippen LogP contribution in [0.4, 0.5) is 5.82 Å². The van der Waals surface area contributed by atoms with E-state index in [-0.39, 0.29) is 0 Å². The summed E-state index contributed by atoms with van der Waals surface area (Å²) in [6, 6.07) is 4.41. The predicted octanol–water partition coefficient (Wildman–Crippen LogP) is 2.39. The van der Waals surface area contributed by atoms with E-state index in [1.165, 1.54) is 24.1 Å². The average Bonchev–Trinajstić information content (AvgIpc) is 2.46. The van der Waals surface area contributed by atoms with Crippen LogP contribution in [-0.4, -0.2) is 29.6 Å². The third-order valence-corrected chi connectivity index (χ3v) is 4.65. The van der Waals surface area contributed by atoms with Gasteiger partial charge in [0, 0.05) is 30.3 Å². The SMILES string of the molecule is N#Cc1cc2c(nc1N1CCSCC1)CCCC2. The predicted molar refractivity (Wildman–Crippen MR) is 75.1 cm³/mol. The summed E-state index contributed by atoms with van der Waals surface area (Å²) in [7, 11) is 0. The number of anilines is 1. The third-order valence-electron chi connectivity index (χ3n) is 3.71. The van der Waals surface area contributed by atoms with E-state index in [0.29, 0.717) is 0 Å². The van der Waals surface area contributed by atoms with Gasteiger partial charge in [-0.05, 0) is 37.3 Å². The fourth-order valence-electron chi connectivity index (χ4n) is 2.72. The molecule has 0 unspecified atom stereocenters. The number of thioether (sulfide) groups is 1. The molecular formula is C14H17N3S. The van der Waals surface area contributed by atoms with Crippen molar-refractivity contribution in [1.82, 2.24) is 4.98 Å². The highest BCUT2D eigenvalue weighted by molar-refractivity contribution is 7.99. The van der Waals surface area contributed by atoms with Crippen molar-refractivity contribution in [2.24, 2.45) is 0 Å². The molecule has 1 aromatic heterocycles. The van der Waals surface area contributed by atoms with Gasteiger partial charge in [0.05, 0.1) is 5.56 Å². The Morgan fingerprint density at radius 2 is 2.00 bits per heavy atom. The fraction of sp³-hybridized carbons (Fsp3) is 0.571. The minimum Gasteiger partial charge on any atom is -0.354 e. The first-order valence-corrected chi connectivity index (χ1v) is 7.79. The summed E-state index contributed by atoms with van der Waals surface area (Å²) in [5.41, 5.74) is 3.30. The molecule has 0 N–H and O–H groups in total. The van der Waals surface area contributed by atoms with Crippen LogP contribution in [0, 0.1) is 11.3 Å². The molecule has 0 spiro atoms. The van der Waals surface area contributed by atoms with Crippen LogP contribution >= 0.6 is 11.8 Å². The van der Waals surface area contributed by atoms with Gasteiger partial charge in [-0.2, -0.15) is 17.0 Å². The number of hydrogen-bond acceptors (Lipinski definition) is 4. The zero-order chi connectivity index (χ0) is 12.4. The van der Waals surface area contributed by atoms with Crippen LogP contribution in [0.2, 0.25) is 0 Å². The molecule has 1 aliphatic carbocycles. The maximum absolute atomic E-state index is 9.33. The van der Waals surface area contributed by atoms with Crippen molar-refractivity contribution < 1.29 is 0 Å². The highest BCUT2D eigenvalue weighted by Crippen LogP contribution is 2.27. The van der Waals surface area contributed by atoms with Crippen molar-refractivity contribution in [3.8, 4) is 6.07 Å². The van der Waals surface area contributed by atoms with Crippen LogP contribution in [0.15, 0.2) is 6.07 Å². The molecule has 0 bridgehead atoms. The lowest BCUT2D eigenvalue weighted by Gasteiger charge is -2.29. The number of hydrogen-bond donors (Lipinski definition) is 0. The summed E-state index contributed by atoms with van der Waals surface area (Å²) < 4.78 is 0. The largest absolute Gasteiger partial charge is 0.354 e. The van der Waals surface area contributed by atoms with Crippen molar-refractivity contribution in [1.29, 1.82) is 5.26 Å². The molecule has 4 heteroatoms. The third kappa shape index (κ3) is 2.20. The minimum absolute atomic E-state index is 0.766. The first-order chi connectivity index (χ1) is 8.88. The van der Waals surface area contributed by atoms with Crippen LogP contribution < -0.4 is 4.90 Å². The summed E-state index contributed by atoms with van der Waals surface area (Å²) in [6.07, 6.45) is 4.64. The molecule has 0 amide bonds. The van der Waals surface area contributed by atoms with E-state index in [4.69, 9.17) is 4.98 Å². The lowest BCUT2D eigenvalue weighted by Crippen LogP contribution is -2.34. The Morgan fingerprint density at radius 3 is 2.78 bits per heavy atom. The van der Waals surface area contributed by atoms with E-state index in [1.807, 2.05) is 11.8 Å². The Labute approximate surface area is 112 Å². The molecule has 1 aliphatic heterocycles. The van der Waals surface area contributed by atoms with Crippen molar-refractivity contribution in [2.45, 2.75) is 25.7 Å². The zero-order valence-electron chi connectivity index (χ0n) is 10.5. The Bertz CT molecular complexity index is 487. The number of rotatable bonds is 1. The highest BCUT2D eigenvalue weighted by Gasteiger charge is 2.20. The van der Waals surface area contributed by atoms with Crippen molar-refractivity contribution in [3.05, 3.63) is 22.9 Å². The molecule has 0 atom stereocenters. The molecule has 0 aromatic carbocycles. The van der Waals surface area contributed by atoms with E-state index in [1.54, 1.807) is 0 Å². The zero-order valence-corrected chi connectivity index (χ0v) is 11.3. The van der Waals surface area contributed by atoms with Crippen LogP contribution in [0.5, 0.6) is 0 Å². The van der Waals surface area contributed by atoms with E-state index in [0.717, 1.165) is 48.8 Å². The van der Waals surface area contributed by atoms with Gasteiger partial charge in [0.15, 0.2) is 0 Å². The highest BCUT2D eigenvalue weighted by atomic mass is 32.2. The van der Waals surface area contributed by atoms with Gasteiger partial charge in [-0.25, -0.2) is 4.98 Å². The molecular weight excluding hydrogens is 242 g/mol. The monoisotopic (exact) mass is 259 g/mol. The van der Waals surface area contributed by atoms with Crippen LogP contribution in [0.3, 0.4) is 0 Å². The van der Waals surface area contributed by atoms with Gasteiger partial charge >= 0.3 is 0 Å². The lowest BCUT2D eigenvalue weighted by molar-refractivity contribution is 0.664. The summed E-state index contributed by atoms with van der Waals surface area (Å²) in [4.78, 5) is 7.08. The van der Waals surface area contributed by atoms with Crippen molar-refractivity contribution >= 4 is 17.6 Å². The molecule has 18 heavy (non-hydrogen) atoms. The van der Waals surface area contributed by atoms with Gasteiger partial charge in [0.25, 0.3) is 0 Å². The second kappa shape index (κ2) is 5.19. The summed E-state index contributed by atoms with van der Waals surface area (Å²) in [5.74, 6) is 3.21. The van der Waals surface area contributed by atoms with E-state index < -0.39 is 0 Å². The second-order valence-corrected chi connectivity index (χ2v) is 6.11. The average molecular weight is 259 g/mol. The van der Waals surface area contributed by atoms with Crippen molar-refractivity contribution in [3.63, 3.8) is 0 Å². The van der Waals surface area contributed by atoms with E-state index in [2.05, 4.69) is 17.0 Å². The summed E-state index contributed by atoms with van der Waals surface area (Å²) in [5, 5.41) is 9.33. The van der Waals surface area contributed by atoms with Gasteiger partial charge in [0.1, 0.15) is 11.9 Å². The quantitative estimate of drug-likeness (QED) is 0.776. The first kappa shape index (κ1) is 11.9. The van der Waals surface area contributed by atoms with E-state index >= 15 is 0 Å². The van der Waals surface area contributed by atoms with Gasteiger partial charge in [0.2, 0.25) is 0 Å². The number of fused-ring (bicyclic) bond motifs is 1. The molecule has 2 aliphatic rings. The summed E-state index contributed by atoms with van der Waals surface area (Å²) >= 11 is 1.98. The molecule has 0 radical (unpaired) electrons. The van der Waals surface area contributed by atoms with Gasteiger partial charge in [-0.1, -0.05) is 0 Å². The minimum atomic E-state index is 0.766.